The summed E-state index contributed by atoms with van der Waals surface area (Å²) in [5.74, 6) is 0.694. The molecule has 0 bridgehead atoms. The van der Waals surface area contributed by atoms with Crippen molar-refractivity contribution in [3.8, 4) is 0 Å². The van der Waals surface area contributed by atoms with Crippen LogP contribution in [0.25, 0.3) is 0 Å². The van der Waals surface area contributed by atoms with Gasteiger partial charge in [0.2, 0.25) is 0 Å². The van der Waals surface area contributed by atoms with E-state index in [1.54, 1.807) is 0 Å². The molecule has 1 N–H and O–H groups in total. The van der Waals surface area contributed by atoms with E-state index < -0.39 is 0 Å². The lowest BCUT2D eigenvalue weighted by Crippen LogP contribution is -2.29. The van der Waals surface area contributed by atoms with E-state index in [0.29, 0.717) is 5.92 Å². The third-order valence-corrected chi connectivity index (χ3v) is 2.14. The van der Waals surface area contributed by atoms with Gasteiger partial charge in [-0.05, 0) is 18.4 Å². The quantitative estimate of drug-likeness (QED) is 0.623. The molecule has 2 heteroatoms. The predicted molar refractivity (Wildman–Crippen MR) is 43.3 cm³/mol. The second-order valence-electron chi connectivity index (χ2n) is 2.86. The first-order valence-electron chi connectivity index (χ1n) is 3.93. The van der Waals surface area contributed by atoms with Crippen molar-refractivity contribution < 1.29 is 0 Å². The van der Waals surface area contributed by atoms with Crippen molar-refractivity contribution >= 4 is 0 Å². The summed E-state index contributed by atoms with van der Waals surface area (Å²) < 4.78 is 0. The van der Waals surface area contributed by atoms with Crippen molar-refractivity contribution in [2.45, 2.75) is 20.3 Å². The molecule has 0 radical (unpaired) electrons. The van der Waals surface area contributed by atoms with E-state index in [1.165, 1.54) is 12.1 Å². The van der Waals surface area contributed by atoms with E-state index in [2.05, 4.69) is 37.4 Å². The molecule has 1 aliphatic heterocycles. The molecule has 0 aromatic heterocycles. The Morgan fingerprint density at radius 3 is 2.90 bits per heavy atom. The zero-order chi connectivity index (χ0) is 7.56. The Hall–Kier alpha value is -0.500. The van der Waals surface area contributed by atoms with E-state index in [0.717, 1.165) is 6.54 Å². The maximum Gasteiger partial charge on any atom is 0.0351 e. The van der Waals surface area contributed by atoms with Crippen molar-refractivity contribution in [2.24, 2.45) is 5.92 Å². The minimum absolute atomic E-state index is 0.694. The van der Waals surface area contributed by atoms with Crippen molar-refractivity contribution in [3.63, 3.8) is 0 Å². The Morgan fingerprint density at radius 1 is 1.80 bits per heavy atom. The second-order valence-corrected chi connectivity index (χ2v) is 2.86. The van der Waals surface area contributed by atoms with Gasteiger partial charge in [0, 0.05) is 19.3 Å². The van der Waals surface area contributed by atoms with Crippen LogP contribution < -0.4 is 5.43 Å². The molecule has 0 aromatic carbocycles. The molecule has 1 unspecified atom stereocenters. The minimum Gasteiger partial charge on any atom is -0.315 e. The third-order valence-electron chi connectivity index (χ3n) is 2.14. The van der Waals surface area contributed by atoms with Crippen LogP contribution in [-0.2, 0) is 0 Å². The van der Waals surface area contributed by atoms with Gasteiger partial charge in [-0.25, -0.2) is 5.43 Å². The number of hydrogen-bond donors (Lipinski definition) is 1. The SMILES string of the molecule is CCC(C)C1=CCNN1C. The maximum atomic E-state index is 3.23. The molecular weight excluding hydrogens is 124 g/mol. The van der Waals surface area contributed by atoms with Gasteiger partial charge in [0.25, 0.3) is 0 Å². The van der Waals surface area contributed by atoms with E-state index in [9.17, 15) is 0 Å². The highest BCUT2D eigenvalue weighted by molar-refractivity contribution is 5.08. The Labute approximate surface area is 62.9 Å². The molecule has 0 fully saturated rings. The van der Waals surface area contributed by atoms with Gasteiger partial charge in [0.05, 0.1) is 0 Å². The van der Waals surface area contributed by atoms with E-state index in [1.807, 2.05) is 0 Å². The van der Waals surface area contributed by atoms with Crippen LogP contribution in [0, 0.1) is 5.92 Å². The number of nitrogens with one attached hydrogen (secondary N) is 1. The largest absolute Gasteiger partial charge is 0.315 e. The Kier molecular flexibility index (Phi) is 2.33. The molecule has 1 heterocycles. The molecule has 1 rings (SSSR count). The number of allylic oxidation sites excluding steroid dienone is 1. The summed E-state index contributed by atoms with van der Waals surface area (Å²) >= 11 is 0. The van der Waals surface area contributed by atoms with Gasteiger partial charge in [-0.3, -0.25) is 0 Å². The normalized spacial score (nSPS) is 21.1. The summed E-state index contributed by atoms with van der Waals surface area (Å²) in [6.45, 7) is 5.48. The van der Waals surface area contributed by atoms with Gasteiger partial charge in [0.1, 0.15) is 0 Å². The van der Waals surface area contributed by atoms with Crippen LogP contribution >= 0.6 is 0 Å². The number of hydrazine groups is 1. The lowest BCUT2D eigenvalue weighted by molar-refractivity contribution is 0.308. The molecule has 0 aliphatic carbocycles. The lowest BCUT2D eigenvalue weighted by atomic mass is 10.1. The molecule has 0 aromatic rings. The smallest absolute Gasteiger partial charge is 0.0351 e. The van der Waals surface area contributed by atoms with Crippen molar-refractivity contribution in [1.82, 2.24) is 10.4 Å². The standard InChI is InChI=1S/C8H16N2/c1-4-7(2)8-5-6-9-10(8)3/h5,7,9H,4,6H2,1-3H3. The molecule has 10 heavy (non-hydrogen) atoms. The summed E-state index contributed by atoms with van der Waals surface area (Å²) in [5, 5.41) is 2.12. The summed E-state index contributed by atoms with van der Waals surface area (Å²) in [6, 6.07) is 0. The average Bonchev–Trinajstić information content (AvgIpc) is 2.34. The van der Waals surface area contributed by atoms with E-state index >= 15 is 0 Å². The van der Waals surface area contributed by atoms with E-state index in [4.69, 9.17) is 0 Å². The monoisotopic (exact) mass is 140 g/mol. The average molecular weight is 140 g/mol. The molecule has 2 nitrogen and oxygen atoms in total. The highest BCUT2D eigenvalue weighted by Gasteiger charge is 2.14. The van der Waals surface area contributed by atoms with Crippen LogP contribution in [0.4, 0.5) is 0 Å². The fourth-order valence-corrected chi connectivity index (χ4v) is 1.26. The Morgan fingerprint density at radius 2 is 2.50 bits per heavy atom. The predicted octanol–water partition coefficient (Wildman–Crippen LogP) is 1.37. The molecule has 0 saturated carbocycles. The van der Waals surface area contributed by atoms with Gasteiger partial charge < -0.3 is 5.01 Å². The van der Waals surface area contributed by atoms with Gasteiger partial charge in [0.15, 0.2) is 0 Å². The van der Waals surface area contributed by atoms with Crippen molar-refractivity contribution in [1.29, 1.82) is 0 Å². The zero-order valence-electron chi connectivity index (χ0n) is 7.02. The Balaban J connectivity index is 2.53. The first-order chi connectivity index (χ1) is 4.75. The van der Waals surface area contributed by atoms with E-state index in [-0.39, 0.29) is 0 Å². The summed E-state index contributed by atoms with van der Waals surface area (Å²) in [6.07, 6.45) is 3.48. The maximum absolute atomic E-state index is 3.23. The molecule has 1 aliphatic rings. The topological polar surface area (TPSA) is 15.3 Å². The highest BCUT2D eigenvalue weighted by atomic mass is 15.5. The van der Waals surface area contributed by atoms with Crippen LogP contribution in [0.15, 0.2) is 11.8 Å². The molecular formula is C8H16N2. The van der Waals surface area contributed by atoms with Crippen LogP contribution in [-0.4, -0.2) is 18.6 Å². The fraction of sp³-hybridized carbons (Fsp3) is 0.750. The zero-order valence-corrected chi connectivity index (χ0v) is 7.02. The summed E-state index contributed by atoms with van der Waals surface area (Å²) in [7, 11) is 2.07. The number of nitrogens with zero attached hydrogens (tertiary/aromatic N) is 1. The fourth-order valence-electron chi connectivity index (χ4n) is 1.26. The van der Waals surface area contributed by atoms with Crippen molar-refractivity contribution in [2.75, 3.05) is 13.6 Å². The van der Waals surface area contributed by atoms with Crippen LogP contribution in [0.3, 0.4) is 0 Å². The number of rotatable bonds is 2. The summed E-state index contributed by atoms with van der Waals surface area (Å²) in [4.78, 5) is 0. The number of hydrogen-bond acceptors (Lipinski definition) is 2. The molecule has 0 spiro atoms. The van der Waals surface area contributed by atoms with Gasteiger partial charge >= 0.3 is 0 Å². The lowest BCUT2D eigenvalue weighted by Gasteiger charge is -2.20. The van der Waals surface area contributed by atoms with Gasteiger partial charge in [-0.15, -0.1) is 0 Å². The van der Waals surface area contributed by atoms with Crippen molar-refractivity contribution in [3.05, 3.63) is 11.8 Å². The van der Waals surface area contributed by atoms with Crippen LogP contribution in [0.1, 0.15) is 20.3 Å². The first-order valence-corrected chi connectivity index (χ1v) is 3.93. The van der Waals surface area contributed by atoms with Gasteiger partial charge in [-0.2, -0.15) is 0 Å². The molecule has 0 saturated heterocycles. The molecule has 58 valence electrons. The second kappa shape index (κ2) is 3.06. The minimum atomic E-state index is 0.694. The van der Waals surface area contributed by atoms with Crippen LogP contribution in [0.5, 0.6) is 0 Å². The van der Waals surface area contributed by atoms with Gasteiger partial charge in [-0.1, -0.05) is 13.8 Å². The Bertz CT molecular complexity index is 140. The first kappa shape index (κ1) is 7.61. The highest BCUT2D eigenvalue weighted by Crippen LogP contribution is 2.18. The molecule has 0 amide bonds. The van der Waals surface area contributed by atoms with Crippen LogP contribution in [0.2, 0.25) is 0 Å². The third kappa shape index (κ3) is 1.32. The molecule has 1 atom stereocenters. The summed E-state index contributed by atoms with van der Waals surface area (Å²) in [5.41, 5.74) is 4.66.